The molecule has 0 amide bonds. The Hall–Kier alpha value is -2.08. The van der Waals surface area contributed by atoms with Crippen LogP contribution in [0.5, 0.6) is 0 Å². The average molecular weight is 302 g/mol. The fourth-order valence-corrected chi connectivity index (χ4v) is 1.91. The summed E-state index contributed by atoms with van der Waals surface area (Å²) in [5.74, 6) is 1.25. The standard InChI is InChI=1S/C12H8BrN5/c13-9-5-8(6-14-7-9)11-16-12(18-17-11)10-3-1-2-4-15-10/h1-7H,(H,16,17,18). The molecule has 3 aromatic rings. The third-order valence-corrected chi connectivity index (χ3v) is 2.79. The summed E-state index contributed by atoms with van der Waals surface area (Å²) in [5.41, 5.74) is 1.61. The third kappa shape index (κ3) is 2.14. The largest absolute Gasteiger partial charge is 0.263 e. The fourth-order valence-electron chi connectivity index (χ4n) is 1.54. The van der Waals surface area contributed by atoms with Crippen LogP contribution in [-0.4, -0.2) is 25.1 Å². The summed E-state index contributed by atoms with van der Waals surface area (Å²) in [7, 11) is 0. The molecule has 18 heavy (non-hydrogen) atoms. The Morgan fingerprint density at radius 3 is 2.89 bits per heavy atom. The maximum absolute atomic E-state index is 4.40. The Labute approximate surface area is 111 Å². The first-order chi connectivity index (χ1) is 8.83. The van der Waals surface area contributed by atoms with Gasteiger partial charge in [-0.1, -0.05) is 6.07 Å². The maximum atomic E-state index is 4.40. The Kier molecular flexibility index (Phi) is 2.85. The number of H-pyrrole nitrogens is 1. The summed E-state index contributed by atoms with van der Waals surface area (Å²) in [4.78, 5) is 12.7. The molecule has 3 rings (SSSR count). The normalized spacial score (nSPS) is 10.5. The minimum absolute atomic E-state index is 0.601. The van der Waals surface area contributed by atoms with Crippen LogP contribution in [0, 0.1) is 0 Å². The lowest BCUT2D eigenvalue weighted by molar-refractivity contribution is 1.09. The van der Waals surface area contributed by atoms with Gasteiger partial charge in [-0.25, -0.2) is 4.98 Å². The highest BCUT2D eigenvalue weighted by molar-refractivity contribution is 9.10. The molecule has 0 aliphatic carbocycles. The molecule has 3 aromatic heterocycles. The van der Waals surface area contributed by atoms with E-state index >= 15 is 0 Å². The van der Waals surface area contributed by atoms with Crippen LogP contribution < -0.4 is 0 Å². The third-order valence-electron chi connectivity index (χ3n) is 2.36. The summed E-state index contributed by atoms with van der Waals surface area (Å²) in [6.45, 7) is 0. The van der Waals surface area contributed by atoms with Crippen molar-refractivity contribution in [3.63, 3.8) is 0 Å². The molecule has 0 bridgehead atoms. The Morgan fingerprint density at radius 1 is 1.17 bits per heavy atom. The van der Waals surface area contributed by atoms with E-state index in [0.717, 1.165) is 15.7 Å². The van der Waals surface area contributed by atoms with Gasteiger partial charge < -0.3 is 0 Å². The Morgan fingerprint density at radius 2 is 2.11 bits per heavy atom. The summed E-state index contributed by atoms with van der Waals surface area (Å²) in [5, 5.41) is 7.04. The lowest BCUT2D eigenvalue weighted by Crippen LogP contribution is -1.84. The molecule has 0 radical (unpaired) electrons. The van der Waals surface area contributed by atoms with Crippen LogP contribution in [-0.2, 0) is 0 Å². The highest BCUT2D eigenvalue weighted by Crippen LogP contribution is 2.20. The zero-order valence-electron chi connectivity index (χ0n) is 9.21. The zero-order valence-corrected chi connectivity index (χ0v) is 10.8. The van der Waals surface area contributed by atoms with E-state index in [2.05, 4.69) is 41.1 Å². The molecule has 0 unspecified atom stereocenters. The first kappa shape index (κ1) is 11.0. The van der Waals surface area contributed by atoms with Gasteiger partial charge in [0.1, 0.15) is 5.69 Å². The van der Waals surface area contributed by atoms with Crippen LogP contribution in [0.1, 0.15) is 0 Å². The summed E-state index contributed by atoms with van der Waals surface area (Å²) >= 11 is 3.37. The molecule has 0 spiro atoms. The lowest BCUT2D eigenvalue weighted by Gasteiger charge is -1.94. The number of hydrogen-bond donors (Lipinski definition) is 1. The van der Waals surface area contributed by atoms with Crippen LogP contribution in [0.3, 0.4) is 0 Å². The lowest BCUT2D eigenvalue weighted by atomic mass is 10.3. The number of nitrogens with zero attached hydrogens (tertiary/aromatic N) is 4. The molecule has 0 aromatic carbocycles. The average Bonchev–Trinajstić information content (AvgIpc) is 2.89. The van der Waals surface area contributed by atoms with E-state index in [0.29, 0.717) is 11.6 Å². The van der Waals surface area contributed by atoms with Gasteiger partial charge in [-0.05, 0) is 34.1 Å². The van der Waals surface area contributed by atoms with Gasteiger partial charge in [0.25, 0.3) is 0 Å². The Balaban J connectivity index is 2.00. The molecular weight excluding hydrogens is 294 g/mol. The van der Waals surface area contributed by atoms with E-state index in [4.69, 9.17) is 0 Å². The predicted octanol–water partition coefficient (Wildman–Crippen LogP) is 2.69. The van der Waals surface area contributed by atoms with E-state index in [-0.39, 0.29) is 0 Å². The van der Waals surface area contributed by atoms with Crippen molar-refractivity contribution < 1.29 is 0 Å². The van der Waals surface area contributed by atoms with Crippen molar-refractivity contribution in [2.45, 2.75) is 0 Å². The molecule has 88 valence electrons. The molecule has 5 nitrogen and oxygen atoms in total. The summed E-state index contributed by atoms with van der Waals surface area (Å²) in [6, 6.07) is 7.56. The Bertz CT molecular complexity index is 665. The zero-order chi connectivity index (χ0) is 12.4. The van der Waals surface area contributed by atoms with E-state index in [1.54, 1.807) is 18.6 Å². The number of halogens is 1. The van der Waals surface area contributed by atoms with Crippen LogP contribution in [0.15, 0.2) is 47.3 Å². The molecular formula is C12H8BrN5. The van der Waals surface area contributed by atoms with E-state index in [1.165, 1.54) is 0 Å². The second-order valence-corrected chi connectivity index (χ2v) is 4.53. The molecule has 0 aliphatic rings. The van der Waals surface area contributed by atoms with Crippen LogP contribution in [0.25, 0.3) is 22.9 Å². The molecule has 6 heteroatoms. The van der Waals surface area contributed by atoms with Gasteiger partial charge >= 0.3 is 0 Å². The quantitative estimate of drug-likeness (QED) is 0.790. The number of rotatable bonds is 2. The van der Waals surface area contributed by atoms with Gasteiger partial charge in [0.15, 0.2) is 11.6 Å². The second kappa shape index (κ2) is 4.66. The monoisotopic (exact) mass is 301 g/mol. The first-order valence-corrected chi connectivity index (χ1v) is 6.07. The molecule has 0 atom stereocenters. The molecule has 0 saturated heterocycles. The highest BCUT2D eigenvalue weighted by atomic mass is 79.9. The van der Waals surface area contributed by atoms with Crippen molar-refractivity contribution in [1.82, 2.24) is 25.1 Å². The molecule has 1 N–H and O–H groups in total. The van der Waals surface area contributed by atoms with Crippen LogP contribution >= 0.6 is 15.9 Å². The van der Waals surface area contributed by atoms with Gasteiger partial charge in [-0.2, -0.15) is 5.10 Å². The topological polar surface area (TPSA) is 67.3 Å². The predicted molar refractivity (Wildman–Crippen MR) is 70.5 cm³/mol. The maximum Gasteiger partial charge on any atom is 0.183 e. The SMILES string of the molecule is Brc1cncc(-c2n[nH]c(-c3ccccn3)n2)c1. The number of pyridine rings is 2. The van der Waals surface area contributed by atoms with Crippen molar-refractivity contribution in [1.29, 1.82) is 0 Å². The molecule has 0 saturated carbocycles. The number of nitrogens with one attached hydrogen (secondary N) is 1. The molecule has 0 aliphatic heterocycles. The van der Waals surface area contributed by atoms with E-state index in [9.17, 15) is 0 Å². The highest BCUT2D eigenvalue weighted by Gasteiger charge is 2.08. The molecule has 3 heterocycles. The van der Waals surface area contributed by atoms with Crippen LogP contribution in [0.4, 0.5) is 0 Å². The smallest absolute Gasteiger partial charge is 0.183 e. The van der Waals surface area contributed by atoms with Gasteiger partial charge in [0, 0.05) is 28.6 Å². The van der Waals surface area contributed by atoms with E-state index in [1.807, 2.05) is 24.3 Å². The molecule has 0 fully saturated rings. The number of aromatic nitrogens is 5. The van der Waals surface area contributed by atoms with Crippen molar-refractivity contribution in [2.24, 2.45) is 0 Å². The van der Waals surface area contributed by atoms with E-state index < -0.39 is 0 Å². The number of aromatic amines is 1. The second-order valence-electron chi connectivity index (χ2n) is 3.61. The van der Waals surface area contributed by atoms with Gasteiger partial charge in [-0.3, -0.25) is 15.1 Å². The van der Waals surface area contributed by atoms with Crippen molar-refractivity contribution in [3.8, 4) is 22.9 Å². The number of hydrogen-bond acceptors (Lipinski definition) is 4. The van der Waals surface area contributed by atoms with Gasteiger partial charge in [0.2, 0.25) is 0 Å². The fraction of sp³-hybridized carbons (Fsp3) is 0. The van der Waals surface area contributed by atoms with Gasteiger partial charge in [-0.15, -0.1) is 0 Å². The van der Waals surface area contributed by atoms with Crippen molar-refractivity contribution in [3.05, 3.63) is 47.3 Å². The van der Waals surface area contributed by atoms with Crippen molar-refractivity contribution in [2.75, 3.05) is 0 Å². The first-order valence-electron chi connectivity index (χ1n) is 5.27. The van der Waals surface area contributed by atoms with Crippen LogP contribution in [0.2, 0.25) is 0 Å². The summed E-state index contributed by atoms with van der Waals surface area (Å²) in [6.07, 6.45) is 5.16. The minimum atomic E-state index is 0.601. The van der Waals surface area contributed by atoms with Gasteiger partial charge in [0.05, 0.1) is 0 Å². The minimum Gasteiger partial charge on any atom is -0.263 e. The summed E-state index contributed by atoms with van der Waals surface area (Å²) < 4.78 is 0.893. The van der Waals surface area contributed by atoms with Crippen molar-refractivity contribution >= 4 is 15.9 Å².